The van der Waals surface area contributed by atoms with E-state index in [0.717, 1.165) is 5.56 Å². The van der Waals surface area contributed by atoms with Crippen LogP contribution in [0, 0.1) is 11.8 Å². The summed E-state index contributed by atoms with van der Waals surface area (Å²) in [5, 5.41) is 27.8. The molecule has 1 heterocycles. The summed E-state index contributed by atoms with van der Waals surface area (Å²) in [6.45, 7) is 3.86. The number of nitrogens with one attached hydrogen (secondary N) is 3. The Bertz CT molecular complexity index is 707. The number of rotatable bonds is 10. The predicted octanol–water partition coefficient (Wildman–Crippen LogP) is -0.0243. The zero-order chi connectivity index (χ0) is 20.6. The molecule has 9 heteroatoms. The fourth-order valence-corrected chi connectivity index (χ4v) is 3.24. The maximum absolute atomic E-state index is 13.2. The van der Waals surface area contributed by atoms with Gasteiger partial charge in [-0.25, -0.2) is 0 Å². The summed E-state index contributed by atoms with van der Waals surface area (Å²) < 4.78 is 0. The van der Waals surface area contributed by atoms with Gasteiger partial charge in [-0.3, -0.25) is 14.6 Å². The van der Waals surface area contributed by atoms with Gasteiger partial charge in [0.1, 0.15) is 0 Å². The SMILES string of the molecule is CC(C)CC(NC(=O)[C@H](Cc1ccccc1)[C@@]1(NC=O)C=NC=CN1)B(O)O. The summed E-state index contributed by atoms with van der Waals surface area (Å²) in [7, 11) is -1.69. The normalized spacial score (nSPS) is 20.2. The zero-order valence-electron chi connectivity index (χ0n) is 16.1. The molecule has 0 bridgehead atoms. The minimum atomic E-state index is -1.69. The van der Waals surface area contributed by atoms with Gasteiger partial charge in [-0.15, -0.1) is 0 Å². The van der Waals surface area contributed by atoms with Crippen LogP contribution in [-0.4, -0.2) is 47.3 Å². The highest BCUT2D eigenvalue weighted by molar-refractivity contribution is 6.43. The molecule has 1 aromatic carbocycles. The molecule has 5 N–H and O–H groups in total. The van der Waals surface area contributed by atoms with Gasteiger partial charge >= 0.3 is 7.12 Å². The third-order valence-corrected chi connectivity index (χ3v) is 4.62. The molecule has 1 aliphatic rings. The van der Waals surface area contributed by atoms with E-state index in [4.69, 9.17) is 0 Å². The van der Waals surface area contributed by atoms with Gasteiger partial charge in [0, 0.05) is 12.4 Å². The van der Waals surface area contributed by atoms with Crippen LogP contribution in [0.15, 0.2) is 47.7 Å². The Morgan fingerprint density at radius 1 is 1.32 bits per heavy atom. The van der Waals surface area contributed by atoms with Gasteiger partial charge in [-0.05, 0) is 24.3 Å². The highest BCUT2D eigenvalue weighted by atomic mass is 16.4. The molecular weight excluding hydrogens is 359 g/mol. The van der Waals surface area contributed by atoms with Crippen molar-refractivity contribution >= 4 is 25.7 Å². The van der Waals surface area contributed by atoms with Crippen LogP contribution in [0.3, 0.4) is 0 Å². The Kier molecular flexibility index (Phi) is 7.77. The van der Waals surface area contributed by atoms with Crippen LogP contribution in [0.4, 0.5) is 0 Å². The van der Waals surface area contributed by atoms with Gasteiger partial charge in [0.05, 0.1) is 18.1 Å². The van der Waals surface area contributed by atoms with E-state index in [1.807, 2.05) is 44.2 Å². The average Bonchev–Trinajstić information content (AvgIpc) is 2.66. The molecule has 0 fully saturated rings. The fraction of sp³-hybridized carbons (Fsp3) is 0.421. The smallest absolute Gasteiger partial charge is 0.426 e. The average molecular weight is 386 g/mol. The molecule has 0 spiro atoms. The van der Waals surface area contributed by atoms with Crippen molar-refractivity contribution in [3.05, 3.63) is 48.3 Å². The van der Waals surface area contributed by atoms with Crippen molar-refractivity contribution < 1.29 is 19.6 Å². The second-order valence-electron chi connectivity index (χ2n) is 7.27. The van der Waals surface area contributed by atoms with Crippen LogP contribution in [0.2, 0.25) is 0 Å². The molecule has 0 saturated carbocycles. The van der Waals surface area contributed by atoms with Crippen LogP contribution in [0.1, 0.15) is 25.8 Å². The Balaban J connectivity index is 2.33. The van der Waals surface area contributed by atoms with E-state index in [-0.39, 0.29) is 5.92 Å². The molecule has 2 amide bonds. The van der Waals surface area contributed by atoms with E-state index in [1.165, 1.54) is 12.4 Å². The second-order valence-corrected chi connectivity index (χ2v) is 7.27. The molecule has 3 atom stereocenters. The van der Waals surface area contributed by atoms with Crippen LogP contribution < -0.4 is 16.0 Å². The summed E-state index contributed by atoms with van der Waals surface area (Å²) in [6.07, 6.45) is 5.75. The third-order valence-electron chi connectivity index (χ3n) is 4.62. The number of amides is 2. The first-order valence-corrected chi connectivity index (χ1v) is 9.27. The van der Waals surface area contributed by atoms with Gasteiger partial charge in [-0.2, -0.15) is 0 Å². The molecule has 0 aromatic heterocycles. The molecule has 28 heavy (non-hydrogen) atoms. The first-order chi connectivity index (χ1) is 13.4. The number of aliphatic imine (C=N–C) groups is 1. The van der Waals surface area contributed by atoms with E-state index in [9.17, 15) is 19.6 Å². The van der Waals surface area contributed by atoms with Crippen LogP contribution in [-0.2, 0) is 16.0 Å². The van der Waals surface area contributed by atoms with Crippen molar-refractivity contribution in [1.82, 2.24) is 16.0 Å². The van der Waals surface area contributed by atoms with Crippen LogP contribution in [0.25, 0.3) is 0 Å². The maximum atomic E-state index is 13.2. The van der Waals surface area contributed by atoms with Gasteiger partial charge in [0.2, 0.25) is 12.3 Å². The molecule has 0 aliphatic carbocycles. The van der Waals surface area contributed by atoms with Crippen molar-refractivity contribution in [2.75, 3.05) is 0 Å². The van der Waals surface area contributed by atoms with Crippen molar-refractivity contribution in [3.8, 4) is 0 Å². The Labute approximate surface area is 165 Å². The summed E-state index contributed by atoms with van der Waals surface area (Å²) >= 11 is 0. The first kappa shape index (κ1) is 21.7. The first-order valence-electron chi connectivity index (χ1n) is 9.27. The Morgan fingerprint density at radius 2 is 2.04 bits per heavy atom. The minimum Gasteiger partial charge on any atom is -0.426 e. The molecule has 0 radical (unpaired) electrons. The van der Waals surface area contributed by atoms with Crippen LogP contribution in [0.5, 0.6) is 0 Å². The van der Waals surface area contributed by atoms with Crippen LogP contribution >= 0.6 is 0 Å². The number of carbonyl (C=O) groups is 2. The van der Waals surface area contributed by atoms with E-state index >= 15 is 0 Å². The molecular formula is C19H27BN4O4. The molecule has 1 aromatic rings. The molecule has 0 saturated heterocycles. The molecule has 8 nitrogen and oxygen atoms in total. The number of hydrogen-bond acceptors (Lipinski definition) is 6. The Hall–Kier alpha value is -2.65. The quantitative estimate of drug-likeness (QED) is 0.286. The molecule has 1 unspecified atom stereocenters. The second kappa shape index (κ2) is 10.1. The number of carbonyl (C=O) groups excluding carboxylic acids is 2. The largest absolute Gasteiger partial charge is 0.475 e. The maximum Gasteiger partial charge on any atom is 0.475 e. The number of benzene rings is 1. The Morgan fingerprint density at radius 3 is 2.57 bits per heavy atom. The van der Waals surface area contributed by atoms with Crippen molar-refractivity contribution in [3.63, 3.8) is 0 Å². The topological polar surface area (TPSA) is 123 Å². The lowest BCUT2D eigenvalue weighted by atomic mass is 9.74. The third kappa shape index (κ3) is 5.67. The van der Waals surface area contributed by atoms with Gasteiger partial charge in [0.15, 0.2) is 5.66 Å². The number of hydrogen-bond donors (Lipinski definition) is 5. The highest BCUT2D eigenvalue weighted by Gasteiger charge is 2.43. The van der Waals surface area contributed by atoms with E-state index in [1.54, 1.807) is 6.20 Å². The summed E-state index contributed by atoms with van der Waals surface area (Å²) in [5.41, 5.74) is -0.344. The van der Waals surface area contributed by atoms with Crippen molar-refractivity contribution in [2.24, 2.45) is 16.8 Å². The molecule has 1 aliphatic heterocycles. The van der Waals surface area contributed by atoms with E-state index < -0.39 is 30.5 Å². The standard InChI is InChI=1S/C19H27BN4O4/c1-14(2)10-17(20(27)28)24-18(26)16(11-15-6-4-3-5-7-15)19(23-13-25)12-21-8-9-22-19/h3-9,12-14,16-17,22,27-28H,10-11H2,1-2H3,(H,23,25)(H,24,26)/t16-,17?,19-/m0/s1. The lowest BCUT2D eigenvalue weighted by Crippen LogP contribution is -2.66. The van der Waals surface area contributed by atoms with E-state index in [2.05, 4.69) is 20.9 Å². The predicted molar refractivity (Wildman–Crippen MR) is 108 cm³/mol. The summed E-state index contributed by atoms with van der Waals surface area (Å²) in [6, 6.07) is 9.38. The monoisotopic (exact) mass is 386 g/mol. The lowest BCUT2D eigenvalue weighted by molar-refractivity contribution is -0.128. The number of nitrogens with zero attached hydrogens (tertiary/aromatic N) is 1. The highest BCUT2D eigenvalue weighted by Crippen LogP contribution is 2.22. The summed E-state index contributed by atoms with van der Waals surface area (Å²) in [5.74, 6) is -1.89. The fourth-order valence-electron chi connectivity index (χ4n) is 3.24. The molecule has 150 valence electrons. The van der Waals surface area contributed by atoms with Crippen molar-refractivity contribution in [1.29, 1.82) is 0 Å². The van der Waals surface area contributed by atoms with Gasteiger partial charge in [-0.1, -0.05) is 44.2 Å². The molecule has 2 rings (SSSR count). The van der Waals surface area contributed by atoms with Crippen molar-refractivity contribution in [2.45, 2.75) is 38.3 Å². The van der Waals surface area contributed by atoms with E-state index in [0.29, 0.717) is 19.3 Å². The van der Waals surface area contributed by atoms with Gasteiger partial charge in [0.25, 0.3) is 0 Å². The zero-order valence-corrected chi connectivity index (χ0v) is 16.1. The van der Waals surface area contributed by atoms with Gasteiger partial charge < -0.3 is 26.0 Å². The summed E-state index contributed by atoms with van der Waals surface area (Å²) in [4.78, 5) is 28.6. The minimum absolute atomic E-state index is 0.152. The lowest BCUT2D eigenvalue weighted by Gasteiger charge is -2.38.